The fraction of sp³-hybridized carbons (Fsp3) is 0.111. The normalized spacial score (nSPS) is 18.4. The third kappa shape index (κ3) is 5.08. The van der Waals surface area contributed by atoms with Crippen LogP contribution in [0.15, 0.2) is 181 Å². The Balaban J connectivity index is 1.31. The molecule has 0 amide bonds. The van der Waals surface area contributed by atoms with Crippen molar-refractivity contribution in [1.82, 2.24) is 0 Å². The maximum atomic E-state index is 2.43. The molecule has 2 atom stereocenters. The van der Waals surface area contributed by atoms with Crippen LogP contribution in [0.1, 0.15) is 30.9 Å². The number of nitrogens with zero attached hydrogens (tertiary/aromatic N) is 1. The van der Waals surface area contributed by atoms with Gasteiger partial charge in [-0.25, -0.2) is 0 Å². The summed E-state index contributed by atoms with van der Waals surface area (Å²) in [6.07, 6.45) is 15.7. The minimum atomic E-state index is 0.299. The molecule has 0 saturated carbocycles. The second kappa shape index (κ2) is 12.2. The van der Waals surface area contributed by atoms with Gasteiger partial charge in [0.15, 0.2) is 0 Å². The first-order valence-electron chi connectivity index (χ1n) is 16.5. The summed E-state index contributed by atoms with van der Waals surface area (Å²) in [5.41, 5.74) is 12.9. The molecule has 1 nitrogen and oxygen atoms in total. The molecule has 3 aliphatic rings. The maximum Gasteiger partial charge on any atom is 0.0458 e. The van der Waals surface area contributed by atoms with Crippen LogP contribution in [0.25, 0.3) is 22.3 Å². The van der Waals surface area contributed by atoms with Crippen LogP contribution in [0.3, 0.4) is 0 Å². The number of hydrogen-bond donors (Lipinski definition) is 0. The van der Waals surface area contributed by atoms with Crippen LogP contribution in [0.2, 0.25) is 0 Å². The minimum Gasteiger partial charge on any atom is -0.314 e. The van der Waals surface area contributed by atoms with E-state index < -0.39 is 0 Å². The number of para-hydroxylation sites is 1. The summed E-state index contributed by atoms with van der Waals surface area (Å²) in [5.74, 6) is 0.699. The Kier molecular flexibility index (Phi) is 7.44. The summed E-state index contributed by atoms with van der Waals surface area (Å²) in [6, 6.07) is 48.9. The van der Waals surface area contributed by atoms with Gasteiger partial charge in [0.2, 0.25) is 0 Å². The molecule has 46 heavy (non-hydrogen) atoms. The van der Waals surface area contributed by atoms with Gasteiger partial charge in [-0.2, -0.15) is 0 Å². The Labute approximate surface area is 272 Å². The summed E-state index contributed by atoms with van der Waals surface area (Å²) in [5, 5.41) is 2.64. The fourth-order valence-electron chi connectivity index (χ4n) is 7.49. The molecule has 0 aliphatic heterocycles. The molecule has 5 aromatic carbocycles. The predicted molar refractivity (Wildman–Crippen MR) is 194 cm³/mol. The Morgan fingerprint density at radius 3 is 1.91 bits per heavy atom. The third-order valence-electron chi connectivity index (χ3n) is 9.63. The van der Waals surface area contributed by atoms with Crippen molar-refractivity contribution in [3.63, 3.8) is 0 Å². The van der Waals surface area contributed by atoms with Crippen molar-refractivity contribution in [2.24, 2.45) is 11.8 Å². The van der Waals surface area contributed by atoms with Gasteiger partial charge in [-0.05, 0) is 105 Å². The summed E-state index contributed by atoms with van der Waals surface area (Å²) in [6.45, 7) is 2.36. The SMILES string of the molecule is CC1C=CC=C2C(c3ccccc3)=c3cc(-c4ccc(N(C5=CC=CCC5)c5ccccc5)cc4)ccc3=C(c3ccccc3)C21. The highest BCUT2D eigenvalue weighted by atomic mass is 15.1. The van der Waals surface area contributed by atoms with E-state index in [1.54, 1.807) is 0 Å². The van der Waals surface area contributed by atoms with E-state index in [-0.39, 0.29) is 0 Å². The van der Waals surface area contributed by atoms with Crippen molar-refractivity contribution in [2.45, 2.75) is 19.8 Å². The van der Waals surface area contributed by atoms with Crippen molar-refractivity contribution >= 4 is 22.5 Å². The molecule has 0 spiro atoms. The van der Waals surface area contributed by atoms with Crippen molar-refractivity contribution < 1.29 is 0 Å². The van der Waals surface area contributed by atoms with E-state index >= 15 is 0 Å². The average Bonchev–Trinajstić information content (AvgIpc) is 3.13. The lowest BCUT2D eigenvalue weighted by molar-refractivity contribution is 0.597. The number of benzene rings is 5. The van der Waals surface area contributed by atoms with E-state index in [9.17, 15) is 0 Å². The zero-order chi connectivity index (χ0) is 30.9. The average molecular weight is 592 g/mol. The lowest BCUT2D eigenvalue weighted by Gasteiger charge is -2.35. The molecule has 0 fully saturated rings. The first kappa shape index (κ1) is 28.1. The number of allylic oxidation sites excluding steroid dienone is 8. The molecule has 0 heterocycles. The van der Waals surface area contributed by atoms with Crippen molar-refractivity contribution in [3.05, 3.63) is 203 Å². The quantitative estimate of drug-likeness (QED) is 0.190. The second-order valence-corrected chi connectivity index (χ2v) is 12.5. The van der Waals surface area contributed by atoms with E-state index in [4.69, 9.17) is 0 Å². The van der Waals surface area contributed by atoms with Gasteiger partial charge in [0.05, 0.1) is 0 Å². The molecule has 2 unspecified atom stereocenters. The van der Waals surface area contributed by atoms with Gasteiger partial charge < -0.3 is 4.90 Å². The molecule has 8 rings (SSSR count). The monoisotopic (exact) mass is 591 g/mol. The molecule has 5 aromatic rings. The van der Waals surface area contributed by atoms with Gasteiger partial charge in [-0.3, -0.25) is 0 Å². The summed E-state index contributed by atoms with van der Waals surface area (Å²) in [4.78, 5) is 2.40. The predicted octanol–water partition coefficient (Wildman–Crippen LogP) is 9.89. The standard InChI is InChI=1S/C45H37N/c1-32-15-14-24-41-43(32)45(35-18-8-3-9-19-35)40-30-27-36(31-42(40)44(41)34-16-6-2-7-17-34)33-25-28-39(29-26-33)46(37-20-10-4-11-21-37)38-22-12-5-13-23-38/h2-12,14-22,24-32,43H,13,23H2,1H3. The van der Waals surface area contributed by atoms with Gasteiger partial charge in [0.1, 0.15) is 0 Å². The number of fused-ring (bicyclic) bond motifs is 2. The second-order valence-electron chi connectivity index (χ2n) is 12.5. The Morgan fingerprint density at radius 2 is 1.22 bits per heavy atom. The zero-order valence-corrected chi connectivity index (χ0v) is 26.2. The van der Waals surface area contributed by atoms with Crippen molar-refractivity contribution in [2.75, 3.05) is 4.90 Å². The van der Waals surface area contributed by atoms with Crippen molar-refractivity contribution in [1.29, 1.82) is 0 Å². The molecule has 0 bridgehead atoms. The van der Waals surface area contributed by atoms with Crippen LogP contribution >= 0.6 is 0 Å². The molecular weight excluding hydrogens is 555 g/mol. The number of anilines is 2. The van der Waals surface area contributed by atoms with Crippen LogP contribution < -0.4 is 15.3 Å². The van der Waals surface area contributed by atoms with Crippen LogP contribution in [0, 0.1) is 11.8 Å². The molecular formula is C45H37N. The first-order chi connectivity index (χ1) is 22.8. The van der Waals surface area contributed by atoms with Crippen LogP contribution in [0.5, 0.6) is 0 Å². The molecule has 222 valence electrons. The molecule has 1 heteroatoms. The minimum absolute atomic E-state index is 0.299. The lowest BCUT2D eigenvalue weighted by atomic mass is 9.68. The maximum absolute atomic E-state index is 2.43. The van der Waals surface area contributed by atoms with E-state index in [0.717, 1.165) is 12.8 Å². The fourth-order valence-corrected chi connectivity index (χ4v) is 7.49. The molecule has 0 aromatic heterocycles. The third-order valence-corrected chi connectivity index (χ3v) is 9.63. The van der Waals surface area contributed by atoms with E-state index in [1.165, 1.54) is 66.5 Å². The van der Waals surface area contributed by atoms with Gasteiger partial charge >= 0.3 is 0 Å². The Hall–Kier alpha value is -5.40. The van der Waals surface area contributed by atoms with E-state index in [0.29, 0.717) is 11.8 Å². The topological polar surface area (TPSA) is 3.24 Å². The highest BCUT2D eigenvalue weighted by Crippen LogP contribution is 2.43. The molecule has 0 radical (unpaired) electrons. The Bertz CT molecular complexity index is 2130. The zero-order valence-electron chi connectivity index (χ0n) is 26.2. The largest absolute Gasteiger partial charge is 0.314 e. The van der Waals surface area contributed by atoms with Gasteiger partial charge in [-0.15, -0.1) is 0 Å². The van der Waals surface area contributed by atoms with Gasteiger partial charge in [-0.1, -0.05) is 140 Å². The smallest absolute Gasteiger partial charge is 0.0458 e. The summed E-state index contributed by atoms with van der Waals surface area (Å²) in [7, 11) is 0. The lowest BCUT2D eigenvalue weighted by Crippen LogP contribution is -2.39. The molecule has 0 N–H and O–H groups in total. The summed E-state index contributed by atoms with van der Waals surface area (Å²) >= 11 is 0. The Morgan fingerprint density at radius 1 is 0.565 bits per heavy atom. The first-order valence-corrected chi connectivity index (χ1v) is 16.5. The number of rotatable bonds is 6. The molecule has 0 saturated heterocycles. The van der Waals surface area contributed by atoms with E-state index in [2.05, 4.69) is 182 Å². The van der Waals surface area contributed by atoms with E-state index in [1.807, 2.05) is 0 Å². The highest BCUT2D eigenvalue weighted by molar-refractivity contribution is 5.89. The molecule has 3 aliphatic carbocycles. The highest BCUT2D eigenvalue weighted by Gasteiger charge is 2.33. The van der Waals surface area contributed by atoms with Gasteiger partial charge in [0, 0.05) is 23.0 Å². The van der Waals surface area contributed by atoms with Gasteiger partial charge in [0.25, 0.3) is 0 Å². The van der Waals surface area contributed by atoms with Crippen LogP contribution in [0.4, 0.5) is 11.4 Å². The van der Waals surface area contributed by atoms with Crippen LogP contribution in [-0.4, -0.2) is 0 Å². The van der Waals surface area contributed by atoms with Crippen molar-refractivity contribution in [3.8, 4) is 11.1 Å². The summed E-state index contributed by atoms with van der Waals surface area (Å²) < 4.78 is 0. The van der Waals surface area contributed by atoms with Crippen LogP contribution in [-0.2, 0) is 0 Å². The number of hydrogen-bond acceptors (Lipinski definition) is 1.